The average molecular weight is 252 g/mol. The maximum atomic E-state index is 8.97. The number of likely N-dealkylation sites (N-methyl/N-ethyl adjacent to an activating group) is 1. The van der Waals surface area contributed by atoms with Gasteiger partial charge in [0.05, 0.1) is 6.61 Å². The summed E-state index contributed by atoms with van der Waals surface area (Å²) in [6.45, 7) is 7.91. The van der Waals surface area contributed by atoms with Crippen LogP contribution in [0.25, 0.3) is 0 Å². The van der Waals surface area contributed by atoms with Gasteiger partial charge in [-0.05, 0) is 12.8 Å². The van der Waals surface area contributed by atoms with Crippen molar-refractivity contribution in [3.63, 3.8) is 0 Å². The topological polar surface area (TPSA) is 52.5 Å². The molecule has 0 amide bonds. The minimum Gasteiger partial charge on any atom is -0.395 e. The number of aliphatic hydroxyl groups is 1. The Labute approximate surface area is 109 Å². The first kappa shape index (κ1) is 14.7. The summed E-state index contributed by atoms with van der Waals surface area (Å²) >= 11 is 0. The predicted molar refractivity (Wildman–Crippen MR) is 75.2 cm³/mol. The van der Waals surface area contributed by atoms with E-state index in [0.29, 0.717) is 12.5 Å². The molecule has 0 spiro atoms. The first-order chi connectivity index (χ1) is 8.43. The Morgan fingerprint density at radius 2 is 1.72 bits per heavy atom. The van der Waals surface area contributed by atoms with Crippen molar-refractivity contribution in [1.29, 1.82) is 0 Å². The summed E-state index contributed by atoms with van der Waals surface area (Å²) in [5, 5.41) is 8.97. The lowest BCUT2D eigenvalue weighted by Crippen LogP contribution is -2.26. The maximum absolute atomic E-state index is 8.97. The summed E-state index contributed by atoms with van der Waals surface area (Å²) in [7, 11) is 3.96. The summed E-state index contributed by atoms with van der Waals surface area (Å²) in [5.41, 5.74) is 0. The highest BCUT2D eigenvalue weighted by Gasteiger charge is 2.10. The van der Waals surface area contributed by atoms with Gasteiger partial charge in [0.25, 0.3) is 0 Å². The molecule has 0 saturated heterocycles. The van der Waals surface area contributed by atoms with Crippen molar-refractivity contribution < 1.29 is 5.11 Å². The van der Waals surface area contributed by atoms with Crippen molar-refractivity contribution in [3.8, 4) is 0 Å². The molecule has 0 aliphatic heterocycles. The van der Waals surface area contributed by atoms with E-state index in [2.05, 4.69) is 28.7 Å². The van der Waals surface area contributed by atoms with Crippen LogP contribution in [-0.4, -0.2) is 48.9 Å². The second-order valence-electron chi connectivity index (χ2n) is 5.05. The molecule has 1 aromatic rings. The fourth-order valence-electron chi connectivity index (χ4n) is 1.83. The molecule has 0 aromatic carbocycles. The average Bonchev–Trinajstić information content (AvgIpc) is 2.27. The zero-order valence-corrected chi connectivity index (χ0v) is 12.0. The molecule has 5 heteroatoms. The molecule has 0 bridgehead atoms. The molecule has 0 radical (unpaired) electrons. The number of aryl methyl sites for hydroxylation is 1. The van der Waals surface area contributed by atoms with Gasteiger partial charge in [0.15, 0.2) is 0 Å². The van der Waals surface area contributed by atoms with Crippen LogP contribution in [0, 0.1) is 12.8 Å². The Balaban J connectivity index is 2.93. The summed E-state index contributed by atoms with van der Waals surface area (Å²) in [4.78, 5) is 12.9. The SMILES string of the molecule is Cc1nc(N(C)CCO)cc(N(C)CC(C)C)n1. The molecule has 0 fully saturated rings. The monoisotopic (exact) mass is 252 g/mol. The Morgan fingerprint density at radius 1 is 1.17 bits per heavy atom. The van der Waals surface area contributed by atoms with E-state index in [4.69, 9.17) is 5.11 Å². The molecule has 0 saturated carbocycles. The molecule has 0 aliphatic carbocycles. The van der Waals surface area contributed by atoms with Crippen LogP contribution in [0.15, 0.2) is 6.07 Å². The fraction of sp³-hybridized carbons (Fsp3) is 0.692. The van der Waals surface area contributed by atoms with Crippen molar-refractivity contribution in [3.05, 3.63) is 11.9 Å². The summed E-state index contributed by atoms with van der Waals surface area (Å²) in [6.07, 6.45) is 0. The van der Waals surface area contributed by atoms with Crippen LogP contribution in [0.4, 0.5) is 11.6 Å². The van der Waals surface area contributed by atoms with Gasteiger partial charge in [0, 0.05) is 33.3 Å². The quantitative estimate of drug-likeness (QED) is 0.827. The third-order valence-corrected chi connectivity index (χ3v) is 2.67. The van der Waals surface area contributed by atoms with Crippen molar-refractivity contribution in [2.24, 2.45) is 5.92 Å². The highest BCUT2D eigenvalue weighted by atomic mass is 16.3. The van der Waals surface area contributed by atoms with E-state index in [1.54, 1.807) is 0 Å². The largest absolute Gasteiger partial charge is 0.395 e. The summed E-state index contributed by atoms with van der Waals surface area (Å²) < 4.78 is 0. The molecule has 18 heavy (non-hydrogen) atoms. The maximum Gasteiger partial charge on any atom is 0.134 e. The molecule has 1 heterocycles. The molecule has 102 valence electrons. The van der Waals surface area contributed by atoms with Crippen molar-refractivity contribution in [1.82, 2.24) is 9.97 Å². The zero-order valence-electron chi connectivity index (χ0n) is 12.0. The van der Waals surface area contributed by atoms with E-state index in [1.807, 2.05) is 32.0 Å². The van der Waals surface area contributed by atoms with Gasteiger partial charge in [-0.1, -0.05) is 13.8 Å². The van der Waals surface area contributed by atoms with Gasteiger partial charge < -0.3 is 14.9 Å². The minimum atomic E-state index is 0.122. The van der Waals surface area contributed by atoms with Crippen molar-refractivity contribution in [2.45, 2.75) is 20.8 Å². The molecule has 0 aliphatic rings. The van der Waals surface area contributed by atoms with E-state index >= 15 is 0 Å². The molecular formula is C13H24N4O. The third kappa shape index (κ3) is 4.14. The highest BCUT2D eigenvalue weighted by Crippen LogP contribution is 2.18. The second kappa shape index (κ2) is 6.54. The van der Waals surface area contributed by atoms with Crippen molar-refractivity contribution in [2.75, 3.05) is 43.6 Å². The predicted octanol–water partition coefficient (Wildman–Crippen LogP) is 1.31. The number of rotatable bonds is 6. The molecule has 5 nitrogen and oxygen atoms in total. The number of anilines is 2. The van der Waals surface area contributed by atoms with E-state index in [9.17, 15) is 0 Å². The van der Waals surface area contributed by atoms with Gasteiger partial charge in [0.1, 0.15) is 17.5 Å². The van der Waals surface area contributed by atoms with Crippen LogP contribution in [-0.2, 0) is 0 Å². The second-order valence-corrected chi connectivity index (χ2v) is 5.05. The first-order valence-electron chi connectivity index (χ1n) is 6.33. The van der Waals surface area contributed by atoms with Crippen LogP contribution in [0.1, 0.15) is 19.7 Å². The molecule has 0 unspecified atom stereocenters. The number of hydrogen-bond acceptors (Lipinski definition) is 5. The fourth-order valence-corrected chi connectivity index (χ4v) is 1.83. The highest BCUT2D eigenvalue weighted by molar-refractivity contribution is 5.50. The molecule has 1 rings (SSSR count). The Kier molecular flexibility index (Phi) is 5.34. The summed E-state index contributed by atoms with van der Waals surface area (Å²) in [6, 6.07) is 1.96. The van der Waals surface area contributed by atoms with Gasteiger partial charge in [-0.25, -0.2) is 9.97 Å². The first-order valence-corrected chi connectivity index (χ1v) is 6.33. The van der Waals surface area contributed by atoms with Crippen molar-refractivity contribution >= 4 is 11.6 Å². The van der Waals surface area contributed by atoms with Crippen LogP contribution in [0.3, 0.4) is 0 Å². The van der Waals surface area contributed by atoms with Gasteiger partial charge >= 0.3 is 0 Å². The minimum absolute atomic E-state index is 0.122. The lowest BCUT2D eigenvalue weighted by Gasteiger charge is -2.23. The summed E-state index contributed by atoms with van der Waals surface area (Å²) in [5.74, 6) is 3.12. The van der Waals surface area contributed by atoms with Crippen LogP contribution in [0.5, 0.6) is 0 Å². The van der Waals surface area contributed by atoms with E-state index in [0.717, 1.165) is 24.0 Å². The van der Waals surface area contributed by atoms with Gasteiger partial charge in [-0.15, -0.1) is 0 Å². The zero-order chi connectivity index (χ0) is 13.7. The van der Waals surface area contributed by atoms with Crippen LogP contribution < -0.4 is 9.80 Å². The van der Waals surface area contributed by atoms with E-state index in [-0.39, 0.29) is 6.61 Å². The van der Waals surface area contributed by atoms with Gasteiger partial charge in [0.2, 0.25) is 0 Å². The Bertz CT molecular complexity index is 381. The number of nitrogens with zero attached hydrogens (tertiary/aromatic N) is 4. The van der Waals surface area contributed by atoms with Gasteiger partial charge in [-0.3, -0.25) is 0 Å². The van der Waals surface area contributed by atoms with Gasteiger partial charge in [-0.2, -0.15) is 0 Å². The lowest BCUT2D eigenvalue weighted by atomic mass is 10.2. The van der Waals surface area contributed by atoms with Crippen LogP contribution in [0.2, 0.25) is 0 Å². The number of aromatic nitrogens is 2. The molecular weight excluding hydrogens is 228 g/mol. The third-order valence-electron chi connectivity index (χ3n) is 2.67. The molecule has 1 N–H and O–H groups in total. The normalized spacial score (nSPS) is 10.8. The number of hydrogen-bond donors (Lipinski definition) is 1. The van der Waals surface area contributed by atoms with Crippen LogP contribution >= 0.6 is 0 Å². The standard InChI is InChI=1S/C13H24N4O/c1-10(2)9-17(5)13-8-12(14-11(3)15-13)16(4)6-7-18/h8,10,18H,6-7,9H2,1-5H3. The number of aliphatic hydroxyl groups excluding tert-OH is 1. The Morgan fingerprint density at radius 3 is 2.22 bits per heavy atom. The van der Waals surface area contributed by atoms with E-state index in [1.165, 1.54) is 0 Å². The Hall–Kier alpha value is -1.36. The smallest absolute Gasteiger partial charge is 0.134 e. The van der Waals surface area contributed by atoms with E-state index < -0.39 is 0 Å². The molecule has 1 aromatic heterocycles. The lowest BCUT2D eigenvalue weighted by molar-refractivity contribution is 0.304. The molecule has 0 atom stereocenters.